The molecule has 0 fully saturated rings. The maximum Gasteiger partial charge on any atom is 0.338 e. The molecule has 1 aliphatic rings. The Bertz CT molecular complexity index is 1770. The van der Waals surface area contributed by atoms with Crippen molar-refractivity contribution in [3.8, 4) is 17.1 Å². The van der Waals surface area contributed by atoms with Gasteiger partial charge in [-0.1, -0.05) is 64.5 Å². The summed E-state index contributed by atoms with van der Waals surface area (Å²) in [7, 11) is 1.54. The number of esters is 1. The predicted octanol–water partition coefficient (Wildman–Crippen LogP) is 5.24. The van der Waals surface area contributed by atoms with Crippen molar-refractivity contribution >= 4 is 39.3 Å². The molecule has 0 radical (unpaired) electrons. The molecule has 41 heavy (non-hydrogen) atoms. The lowest BCUT2D eigenvalue weighted by molar-refractivity contribution is -0.140. The Morgan fingerprint density at radius 1 is 1.10 bits per heavy atom. The van der Waals surface area contributed by atoms with Crippen LogP contribution in [0.2, 0.25) is 0 Å². The Morgan fingerprint density at radius 3 is 2.63 bits per heavy atom. The Morgan fingerprint density at radius 2 is 1.88 bits per heavy atom. The lowest BCUT2D eigenvalue weighted by Crippen LogP contribution is -2.40. The van der Waals surface area contributed by atoms with Gasteiger partial charge >= 0.3 is 5.97 Å². The minimum atomic E-state index is -0.786. The summed E-state index contributed by atoms with van der Waals surface area (Å²) < 4.78 is 25.6. The van der Waals surface area contributed by atoms with Gasteiger partial charge in [0.2, 0.25) is 0 Å². The van der Waals surface area contributed by atoms with Crippen LogP contribution in [0.15, 0.2) is 90.6 Å². The van der Waals surface area contributed by atoms with Crippen LogP contribution in [0.4, 0.5) is 0 Å². The highest BCUT2D eigenvalue weighted by atomic mass is 79.9. The number of benzene rings is 2. The van der Waals surface area contributed by atoms with Crippen LogP contribution in [0.1, 0.15) is 37.6 Å². The normalized spacial score (nSPS) is 15.0. The molecule has 2 aromatic heterocycles. The standard InChI is InChI=1S/C31H29BrN2O6S/c1-4-15-38-25-8-6-5-7-23(25)28-27(30(36)39-17-16-37-3)19(2)33-31-34(28)29(35)26(41-31)18-22-13-14-24(40-22)20-9-11-21(32)12-10-20/h5-14,18,28H,4,15-17H2,1-3H3/b26-18+/t28-/m0/s1. The number of para-hydroxylation sites is 1. The Labute approximate surface area is 249 Å². The minimum Gasteiger partial charge on any atom is -0.493 e. The number of furan rings is 1. The highest BCUT2D eigenvalue weighted by Crippen LogP contribution is 2.36. The van der Waals surface area contributed by atoms with Gasteiger partial charge in [-0.15, -0.1) is 0 Å². The number of thiazole rings is 1. The smallest absolute Gasteiger partial charge is 0.338 e. The van der Waals surface area contributed by atoms with Gasteiger partial charge in [0.15, 0.2) is 4.80 Å². The largest absolute Gasteiger partial charge is 0.493 e. The lowest BCUT2D eigenvalue weighted by Gasteiger charge is -2.26. The van der Waals surface area contributed by atoms with E-state index in [0.29, 0.717) is 44.5 Å². The monoisotopic (exact) mass is 636 g/mol. The summed E-state index contributed by atoms with van der Waals surface area (Å²) in [5.74, 6) is 1.26. The van der Waals surface area contributed by atoms with E-state index >= 15 is 0 Å². The number of carbonyl (C=O) groups is 1. The maximum absolute atomic E-state index is 14.0. The molecule has 3 heterocycles. The van der Waals surface area contributed by atoms with Gasteiger partial charge in [0.25, 0.3) is 5.56 Å². The Hall–Kier alpha value is -3.73. The van der Waals surface area contributed by atoms with E-state index in [1.54, 1.807) is 17.6 Å². The average molecular weight is 638 g/mol. The minimum absolute atomic E-state index is 0.0798. The molecule has 5 rings (SSSR count). The fraction of sp³-hybridized carbons (Fsp3) is 0.258. The molecule has 1 atom stereocenters. The number of hydrogen-bond acceptors (Lipinski definition) is 8. The fourth-order valence-corrected chi connectivity index (χ4v) is 5.84. The van der Waals surface area contributed by atoms with E-state index in [1.165, 1.54) is 18.4 Å². The van der Waals surface area contributed by atoms with Gasteiger partial charge in [0.1, 0.15) is 29.9 Å². The van der Waals surface area contributed by atoms with Gasteiger partial charge in [0.05, 0.1) is 29.0 Å². The van der Waals surface area contributed by atoms with E-state index in [2.05, 4.69) is 20.9 Å². The first-order valence-corrected chi connectivity index (χ1v) is 14.8. The SMILES string of the molecule is CCCOc1ccccc1[C@H]1C(C(=O)OCCOC)=C(C)N=c2s/c(=C/c3ccc(-c4ccc(Br)cc4)o3)c(=O)n21. The van der Waals surface area contributed by atoms with Gasteiger partial charge in [-0.25, -0.2) is 9.79 Å². The van der Waals surface area contributed by atoms with E-state index in [1.807, 2.05) is 67.6 Å². The zero-order valence-electron chi connectivity index (χ0n) is 22.9. The van der Waals surface area contributed by atoms with E-state index in [0.717, 1.165) is 16.5 Å². The first-order valence-electron chi connectivity index (χ1n) is 13.2. The summed E-state index contributed by atoms with van der Waals surface area (Å²) in [6.45, 7) is 4.60. The number of aromatic nitrogens is 1. The van der Waals surface area contributed by atoms with Crippen molar-refractivity contribution in [3.05, 3.63) is 107 Å². The molecule has 0 saturated carbocycles. The second kappa shape index (κ2) is 12.8. The molecule has 0 bridgehead atoms. The van der Waals surface area contributed by atoms with Crippen LogP contribution in [-0.4, -0.2) is 37.5 Å². The van der Waals surface area contributed by atoms with Crippen molar-refractivity contribution < 1.29 is 23.4 Å². The Kier molecular flexibility index (Phi) is 9.02. The summed E-state index contributed by atoms with van der Waals surface area (Å²) in [6.07, 6.45) is 2.52. The predicted molar refractivity (Wildman–Crippen MR) is 161 cm³/mol. The third-order valence-electron chi connectivity index (χ3n) is 6.47. The van der Waals surface area contributed by atoms with E-state index in [-0.39, 0.29) is 24.3 Å². The highest BCUT2D eigenvalue weighted by Gasteiger charge is 2.35. The molecule has 0 spiro atoms. The molecule has 1 aliphatic heterocycles. The molecular formula is C31H29BrN2O6S. The lowest BCUT2D eigenvalue weighted by atomic mass is 9.95. The quantitative estimate of drug-likeness (QED) is 0.175. The first kappa shape index (κ1) is 28.8. The summed E-state index contributed by atoms with van der Waals surface area (Å²) in [6, 6.07) is 18.1. The number of ether oxygens (including phenoxy) is 3. The van der Waals surface area contributed by atoms with Crippen LogP contribution in [0.5, 0.6) is 5.75 Å². The number of hydrogen-bond donors (Lipinski definition) is 0. The van der Waals surface area contributed by atoms with Crippen molar-refractivity contribution in [2.45, 2.75) is 26.3 Å². The Balaban J connectivity index is 1.62. The molecule has 4 aromatic rings. The molecule has 8 nitrogen and oxygen atoms in total. The van der Waals surface area contributed by atoms with E-state index < -0.39 is 12.0 Å². The number of allylic oxidation sites excluding steroid dienone is 1. The van der Waals surface area contributed by atoms with Crippen molar-refractivity contribution in [1.29, 1.82) is 0 Å². The summed E-state index contributed by atoms with van der Waals surface area (Å²) >= 11 is 4.69. The second-order valence-corrected chi connectivity index (χ2v) is 11.2. The van der Waals surface area contributed by atoms with Gasteiger partial charge < -0.3 is 18.6 Å². The van der Waals surface area contributed by atoms with E-state index in [9.17, 15) is 9.59 Å². The molecule has 0 unspecified atom stereocenters. The topological polar surface area (TPSA) is 92.3 Å². The molecular weight excluding hydrogens is 608 g/mol. The van der Waals surface area contributed by atoms with Crippen molar-refractivity contribution in [3.63, 3.8) is 0 Å². The van der Waals surface area contributed by atoms with Crippen molar-refractivity contribution in [1.82, 2.24) is 4.57 Å². The van der Waals surface area contributed by atoms with Crippen molar-refractivity contribution in [2.24, 2.45) is 4.99 Å². The molecule has 212 valence electrons. The van der Waals surface area contributed by atoms with E-state index in [4.69, 9.17) is 18.6 Å². The number of halogens is 1. The van der Waals surface area contributed by atoms with Gasteiger partial charge in [0, 0.05) is 28.8 Å². The first-order chi connectivity index (χ1) is 19.9. The maximum atomic E-state index is 14.0. The molecule has 0 saturated heterocycles. The van der Waals surface area contributed by atoms with Crippen LogP contribution in [0.25, 0.3) is 17.4 Å². The van der Waals surface area contributed by atoms with Gasteiger partial charge in [-0.3, -0.25) is 9.36 Å². The number of nitrogens with zero attached hydrogens (tertiary/aromatic N) is 2. The third kappa shape index (κ3) is 6.14. The summed E-state index contributed by atoms with van der Waals surface area (Å²) in [4.78, 5) is 32.5. The molecule has 0 aliphatic carbocycles. The van der Waals surface area contributed by atoms with Crippen molar-refractivity contribution in [2.75, 3.05) is 26.9 Å². The summed E-state index contributed by atoms with van der Waals surface area (Å²) in [5.41, 5.74) is 2.07. The number of fused-ring (bicyclic) bond motifs is 1. The molecule has 0 N–H and O–H groups in total. The van der Waals surface area contributed by atoms with Crippen LogP contribution in [0, 0.1) is 0 Å². The zero-order valence-corrected chi connectivity index (χ0v) is 25.3. The number of methoxy groups -OCH3 is 1. The van der Waals surface area contributed by atoms with Gasteiger partial charge in [-0.05, 0) is 43.7 Å². The van der Waals surface area contributed by atoms with Crippen LogP contribution in [-0.2, 0) is 14.3 Å². The molecule has 10 heteroatoms. The number of rotatable bonds is 10. The molecule has 0 amide bonds. The second-order valence-electron chi connectivity index (χ2n) is 9.31. The number of carbonyl (C=O) groups excluding carboxylic acids is 1. The van der Waals surface area contributed by atoms with Crippen LogP contribution < -0.4 is 19.6 Å². The average Bonchev–Trinajstić information content (AvgIpc) is 3.56. The fourth-order valence-electron chi connectivity index (χ4n) is 4.55. The van der Waals surface area contributed by atoms with Crippen LogP contribution in [0.3, 0.4) is 0 Å². The van der Waals surface area contributed by atoms with Crippen LogP contribution >= 0.6 is 27.3 Å². The van der Waals surface area contributed by atoms with Gasteiger partial charge in [-0.2, -0.15) is 0 Å². The zero-order chi connectivity index (χ0) is 28.9. The summed E-state index contributed by atoms with van der Waals surface area (Å²) in [5, 5.41) is 0. The highest BCUT2D eigenvalue weighted by molar-refractivity contribution is 9.10. The third-order valence-corrected chi connectivity index (χ3v) is 7.98. The molecule has 2 aromatic carbocycles.